The molecule has 2 nitrogen and oxygen atoms in total. The first-order valence-electron chi connectivity index (χ1n) is 7.83. The zero-order chi connectivity index (χ0) is 16.3. The van der Waals surface area contributed by atoms with Crippen LogP contribution in [0.4, 0.5) is 0 Å². The van der Waals surface area contributed by atoms with E-state index < -0.39 is 0 Å². The van der Waals surface area contributed by atoms with Crippen molar-refractivity contribution in [1.29, 1.82) is 0 Å². The average Bonchev–Trinajstić information content (AvgIpc) is 3.29. The Hall–Kier alpha value is -0.791. The van der Waals surface area contributed by atoms with Gasteiger partial charge in [0, 0.05) is 6.42 Å². The van der Waals surface area contributed by atoms with Gasteiger partial charge in [0.1, 0.15) is 6.61 Å². The van der Waals surface area contributed by atoms with Crippen LogP contribution < -0.4 is 0 Å². The van der Waals surface area contributed by atoms with E-state index in [0.717, 1.165) is 5.56 Å². The fraction of sp³-hybridized carbons (Fsp3) is 0.190. The van der Waals surface area contributed by atoms with Crippen LogP contribution in [0.25, 0.3) is 0 Å². The second-order valence-electron chi connectivity index (χ2n) is 5.43. The van der Waals surface area contributed by atoms with Crippen LogP contribution in [0.2, 0.25) is 0 Å². The minimum absolute atomic E-state index is 0. The first kappa shape index (κ1) is 21.3. The summed E-state index contributed by atoms with van der Waals surface area (Å²) < 4.78 is 5.26. The molecule has 2 saturated carbocycles. The number of carbonyl (C=O) groups is 1. The molecule has 0 spiro atoms. The molecule has 24 heavy (non-hydrogen) atoms. The Morgan fingerprint density at radius 2 is 1.46 bits per heavy atom. The third-order valence-corrected chi connectivity index (χ3v) is 3.53. The molecule has 0 aromatic heterocycles. The summed E-state index contributed by atoms with van der Waals surface area (Å²) in [6.45, 7) is 2.40. The van der Waals surface area contributed by atoms with Crippen molar-refractivity contribution < 1.29 is 26.6 Å². The Balaban J connectivity index is 0.000000412. The van der Waals surface area contributed by atoms with Crippen molar-refractivity contribution >= 4 is 5.97 Å². The number of hydrogen-bond donors (Lipinski definition) is 0. The maximum atomic E-state index is 11.7. The third kappa shape index (κ3) is 8.35. The summed E-state index contributed by atoms with van der Waals surface area (Å²) in [6.07, 6.45) is 18.5. The summed E-state index contributed by atoms with van der Waals surface area (Å²) in [4.78, 5) is 11.7. The van der Waals surface area contributed by atoms with Gasteiger partial charge >= 0.3 is 23.0 Å². The summed E-state index contributed by atoms with van der Waals surface area (Å²) in [5, 5.41) is 0. The maximum Gasteiger partial charge on any atom is 2.00 e. The molecule has 10 radical (unpaired) electrons. The average molecular weight is 362 g/mol. The normalized spacial score (nSPS) is 18.2. The van der Waals surface area contributed by atoms with Gasteiger partial charge in [0.25, 0.3) is 0 Å². The number of benzene rings is 1. The minimum atomic E-state index is -0.146. The molecule has 0 amide bonds. The first-order chi connectivity index (χ1) is 11.3. The van der Waals surface area contributed by atoms with Crippen LogP contribution in [0.15, 0.2) is 30.3 Å². The summed E-state index contributed by atoms with van der Waals surface area (Å²) in [7, 11) is 0. The second kappa shape index (κ2) is 12.6. The van der Waals surface area contributed by atoms with Crippen molar-refractivity contribution in [2.24, 2.45) is 5.92 Å². The third-order valence-electron chi connectivity index (χ3n) is 3.53. The number of carbonyl (C=O) groups excluding carboxylic acids is 1. The Morgan fingerprint density at radius 3 is 2.00 bits per heavy atom. The second-order valence-corrected chi connectivity index (χ2v) is 5.43. The van der Waals surface area contributed by atoms with E-state index in [1.807, 2.05) is 95.0 Å². The quantitative estimate of drug-likeness (QED) is 0.580. The van der Waals surface area contributed by atoms with Gasteiger partial charge in [-0.1, -0.05) is 37.3 Å². The summed E-state index contributed by atoms with van der Waals surface area (Å²) >= 11 is 0. The maximum absolute atomic E-state index is 11.7. The van der Waals surface area contributed by atoms with Crippen LogP contribution in [-0.4, -0.2) is 5.97 Å². The van der Waals surface area contributed by atoms with Crippen molar-refractivity contribution in [2.75, 3.05) is 0 Å². The molecular formula is C21H22FeO2+2. The van der Waals surface area contributed by atoms with Crippen molar-refractivity contribution in [3.05, 3.63) is 99.6 Å². The molecule has 2 aliphatic carbocycles. The monoisotopic (exact) mass is 362 g/mol. The fourth-order valence-electron chi connectivity index (χ4n) is 2.20. The molecule has 0 heterocycles. The van der Waals surface area contributed by atoms with Gasteiger partial charge in [0.15, 0.2) is 0 Å². The van der Waals surface area contributed by atoms with Crippen molar-refractivity contribution in [1.82, 2.24) is 0 Å². The standard InChI is InChI=1S/C16H17O2.C5H5.Fe/c1-13(15-9-5-6-10-15)11-16(17)18-12-14-7-3-2-4-8-14;1-2-4-5-3-1;/h2-10,13H,11-12H2,1H3;1-5H;/q;;+2/t13-;;/m1../s1. The van der Waals surface area contributed by atoms with Crippen molar-refractivity contribution in [3.63, 3.8) is 0 Å². The molecule has 0 saturated heterocycles. The number of rotatable bonds is 5. The molecule has 0 aliphatic heterocycles. The molecule has 1 aromatic carbocycles. The van der Waals surface area contributed by atoms with E-state index in [1.165, 1.54) is 5.92 Å². The minimum Gasteiger partial charge on any atom is -0.461 e. The van der Waals surface area contributed by atoms with Gasteiger partial charge in [-0.05, 0) is 75.2 Å². The zero-order valence-electron chi connectivity index (χ0n) is 13.7. The molecule has 0 unspecified atom stereocenters. The smallest absolute Gasteiger partial charge is 0.461 e. The molecule has 0 bridgehead atoms. The number of hydrogen-bond acceptors (Lipinski definition) is 2. The van der Waals surface area contributed by atoms with Crippen LogP contribution in [0, 0.1) is 69.6 Å². The molecule has 1 aromatic rings. The van der Waals surface area contributed by atoms with E-state index in [1.54, 1.807) is 0 Å². The van der Waals surface area contributed by atoms with Crippen LogP contribution in [0.3, 0.4) is 0 Å². The summed E-state index contributed by atoms with van der Waals surface area (Å²) in [6, 6.07) is 9.73. The molecule has 0 N–H and O–H groups in total. The van der Waals surface area contributed by atoms with Gasteiger partial charge in [0.05, 0.1) is 0 Å². The Bertz CT molecular complexity index is 429. The molecule has 124 valence electrons. The van der Waals surface area contributed by atoms with Gasteiger partial charge in [-0.15, -0.1) is 0 Å². The van der Waals surface area contributed by atoms with Gasteiger partial charge in [-0.3, -0.25) is 4.79 Å². The number of esters is 1. The Kier molecular flexibility index (Phi) is 11.1. The van der Waals surface area contributed by atoms with Crippen molar-refractivity contribution in [3.8, 4) is 0 Å². The molecule has 3 heteroatoms. The Morgan fingerprint density at radius 1 is 0.917 bits per heavy atom. The van der Waals surface area contributed by atoms with E-state index in [9.17, 15) is 4.79 Å². The predicted molar refractivity (Wildman–Crippen MR) is 92.0 cm³/mol. The summed E-state index contributed by atoms with van der Waals surface area (Å²) in [5.74, 6) is 1.25. The Labute approximate surface area is 158 Å². The largest absolute Gasteiger partial charge is 2.00 e. The zero-order valence-corrected chi connectivity index (χ0v) is 14.8. The summed E-state index contributed by atoms with van der Waals surface area (Å²) in [5.41, 5.74) is 1.02. The number of ether oxygens (including phenoxy) is 1. The molecule has 1 atom stereocenters. The van der Waals surface area contributed by atoms with Crippen LogP contribution in [0.5, 0.6) is 0 Å². The predicted octanol–water partition coefficient (Wildman–Crippen LogP) is 4.18. The van der Waals surface area contributed by atoms with Crippen LogP contribution in [-0.2, 0) is 33.2 Å². The van der Waals surface area contributed by atoms with Gasteiger partial charge in [-0.2, -0.15) is 0 Å². The molecular weight excluding hydrogens is 340 g/mol. The van der Waals surface area contributed by atoms with Crippen molar-refractivity contribution in [2.45, 2.75) is 20.0 Å². The van der Waals surface area contributed by atoms with E-state index in [0.29, 0.717) is 13.0 Å². The van der Waals surface area contributed by atoms with Crippen LogP contribution >= 0.6 is 0 Å². The van der Waals surface area contributed by atoms with E-state index in [4.69, 9.17) is 4.74 Å². The molecule has 2 fully saturated rings. The molecule has 2 aliphatic rings. The van der Waals surface area contributed by atoms with Gasteiger partial charge in [0.2, 0.25) is 0 Å². The van der Waals surface area contributed by atoms with E-state index in [2.05, 4.69) is 0 Å². The topological polar surface area (TPSA) is 26.3 Å². The van der Waals surface area contributed by atoms with E-state index in [-0.39, 0.29) is 29.0 Å². The first-order valence-corrected chi connectivity index (χ1v) is 7.83. The fourth-order valence-corrected chi connectivity index (χ4v) is 2.20. The molecule has 3 rings (SSSR count). The SMILES string of the molecule is C[C@H](CC(=O)OCc1ccccc1)[C]1[CH][CH][CH][CH]1.[CH]1[CH][CH][CH][CH]1.[Fe+2]. The van der Waals surface area contributed by atoms with Gasteiger partial charge in [-0.25, -0.2) is 0 Å². The van der Waals surface area contributed by atoms with Crippen LogP contribution in [0.1, 0.15) is 18.9 Å². The van der Waals surface area contributed by atoms with Gasteiger partial charge < -0.3 is 4.74 Å². The van der Waals surface area contributed by atoms with E-state index >= 15 is 0 Å².